The van der Waals surface area contributed by atoms with Crippen LogP contribution in [0.15, 0.2) is 42.5 Å². The zero-order chi connectivity index (χ0) is 13.8. The van der Waals surface area contributed by atoms with Gasteiger partial charge in [0.2, 0.25) is 0 Å². The van der Waals surface area contributed by atoms with E-state index in [1.54, 1.807) is 12.1 Å². The number of halogens is 1. The molecule has 0 atom stereocenters. The van der Waals surface area contributed by atoms with E-state index in [2.05, 4.69) is 5.32 Å². The van der Waals surface area contributed by atoms with Gasteiger partial charge in [-0.1, -0.05) is 42.8 Å². The molecule has 0 heterocycles. The minimum Gasteiger partial charge on any atom is -0.350 e. The maximum atomic E-state index is 11.1. The minimum absolute atomic E-state index is 0.102. The first-order valence-corrected chi connectivity index (χ1v) is 6.29. The van der Waals surface area contributed by atoms with Gasteiger partial charge in [-0.15, -0.1) is 0 Å². The Morgan fingerprint density at radius 2 is 1.84 bits per heavy atom. The molecular formula is C14H13ClN2O2. The van der Waals surface area contributed by atoms with Crippen LogP contribution in [0.4, 0.5) is 17.1 Å². The molecule has 5 heteroatoms. The van der Waals surface area contributed by atoms with Crippen LogP contribution in [-0.2, 0) is 6.42 Å². The Morgan fingerprint density at radius 1 is 1.16 bits per heavy atom. The van der Waals surface area contributed by atoms with Crippen molar-refractivity contribution in [3.05, 3.63) is 63.2 Å². The number of nitro groups is 1. The Labute approximate surface area is 116 Å². The molecule has 0 saturated carbocycles. The van der Waals surface area contributed by atoms with Crippen LogP contribution in [0.3, 0.4) is 0 Å². The van der Waals surface area contributed by atoms with Crippen LogP contribution in [0.1, 0.15) is 12.5 Å². The topological polar surface area (TPSA) is 55.2 Å². The summed E-state index contributed by atoms with van der Waals surface area (Å²) in [5.41, 5.74) is 2.25. The Hall–Kier alpha value is -2.07. The molecule has 0 aromatic heterocycles. The molecule has 0 aliphatic rings. The number of hydrogen-bond donors (Lipinski definition) is 1. The van der Waals surface area contributed by atoms with Crippen molar-refractivity contribution in [1.82, 2.24) is 0 Å². The Morgan fingerprint density at radius 3 is 2.53 bits per heavy atom. The number of hydrogen-bond acceptors (Lipinski definition) is 3. The predicted octanol–water partition coefficient (Wildman–Crippen LogP) is 4.55. The first-order chi connectivity index (χ1) is 9.13. The number of aryl methyl sites for hydroxylation is 1. The number of nitrogens with zero attached hydrogens (tertiary/aromatic N) is 1. The second kappa shape index (κ2) is 5.71. The van der Waals surface area contributed by atoms with Crippen LogP contribution in [0.5, 0.6) is 0 Å². The van der Waals surface area contributed by atoms with E-state index in [1.165, 1.54) is 6.07 Å². The van der Waals surface area contributed by atoms with E-state index in [9.17, 15) is 10.1 Å². The summed E-state index contributed by atoms with van der Waals surface area (Å²) in [6.45, 7) is 2.03. The molecule has 2 aromatic carbocycles. The van der Waals surface area contributed by atoms with Gasteiger partial charge >= 0.3 is 5.69 Å². The largest absolute Gasteiger partial charge is 0.350 e. The average molecular weight is 277 g/mol. The van der Waals surface area contributed by atoms with E-state index in [0.29, 0.717) is 5.69 Å². The SMILES string of the molecule is CCc1ccccc1Nc1cccc(Cl)c1[N+](=O)[O-]. The second-order valence-electron chi connectivity index (χ2n) is 4.03. The number of anilines is 2. The molecule has 0 aliphatic carbocycles. The van der Waals surface area contributed by atoms with Crippen LogP contribution in [0.2, 0.25) is 5.02 Å². The second-order valence-corrected chi connectivity index (χ2v) is 4.44. The maximum absolute atomic E-state index is 11.1. The predicted molar refractivity (Wildman–Crippen MR) is 77.2 cm³/mol. The highest BCUT2D eigenvalue weighted by atomic mass is 35.5. The molecule has 98 valence electrons. The lowest BCUT2D eigenvalue weighted by molar-refractivity contribution is -0.383. The fourth-order valence-electron chi connectivity index (χ4n) is 1.90. The molecule has 0 aliphatic heterocycles. The zero-order valence-corrected chi connectivity index (χ0v) is 11.1. The molecule has 0 fully saturated rings. The standard InChI is InChI=1S/C14H13ClN2O2/c1-2-10-6-3-4-8-12(10)16-13-9-5-7-11(15)14(13)17(18)19/h3-9,16H,2H2,1H3. The number of nitro benzene ring substituents is 1. The highest BCUT2D eigenvalue weighted by molar-refractivity contribution is 6.33. The summed E-state index contributed by atoms with van der Waals surface area (Å²) in [5.74, 6) is 0. The summed E-state index contributed by atoms with van der Waals surface area (Å²) in [5, 5.41) is 14.3. The normalized spacial score (nSPS) is 10.2. The number of benzene rings is 2. The van der Waals surface area contributed by atoms with Crippen molar-refractivity contribution in [3.8, 4) is 0 Å². The highest BCUT2D eigenvalue weighted by Crippen LogP contribution is 2.34. The molecule has 19 heavy (non-hydrogen) atoms. The third-order valence-electron chi connectivity index (χ3n) is 2.84. The van der Waals surface area contributed by atoms with Crippen LogP contribution in [-0.4, -0.2) is 4.92 Å². The van der Waals surface area contributed by atoms with E-state index in [1.807, 2.05) is 31.2 Å². The molecular weight excluding hydrogens is 264 g/mol. The molecule has 0 radical (unpaired) electrons. The Kier molecular flexibility index (Phi) is 4.02. The zero-order valence-electron chi connectivity index (χ0n) is 10.4. The summed E-state index contributed by atoms with van der Waals surface area (Å²) < 4.78 is 0. The van der Waals surface area contributed by atoms with E-state index in [-0.39, 0.29) is 10.7 Å². The molecule has 0 unspecified atom stereocenters. The van der Waals surface area contributed by atoms with Gasteiger partial charge < -0.3 is 5.32 Å². The molecule has 2 rings (SSSR count). The lowest BCUT2D eigenvalue weighted by atomic mass is 10.1. The van der Waals surface area contributed by atoms with Crippen molar-refractivity contribution in [2.24, 2.45) is 0 Å². The van der Waals surface area contributed by atoms with E-state index in [0.717, 1.165) is 17.7 Å². The Balaban J connectivity index is 2.44. The smallest absolute Gasteiger partial charge is 0.311 e. The third kappa shape index (κ3) is 2.85. The number of rotatable bonds is 4. The van der Waals surface area contributed by atoms with E-state index in [4.69, 9.17) is 11.6 Å². The summed E-state index contributed by atoms with van der Waals surface area (Å²) in [7, 11) is 0. The van der Waals surface area contributed by atoms with Gasteiger partial charge in [-0.3, -0.25) is 10.1 Å². The van der Waals surface area contributed by atoms with Crippen LogP contribution >= 0.6 is 11.6 Å². The van der Waals surface area contributed by atoms with E-state index >= 15 is 0 Å². The quantitative estimate of drug-likeness (QED) is 0.658. The van der Waals surface area contributed by atoms with Gasteiger partial charge in [-0.25, -0.2) is 0 Å². The van der Waals surface area contributed by atoms with Crippen LogP contribution < -0.4 is 5.32 Å². The lowest BCUT2D eigenvalue weighted by Crippen LogP contribution is -1.99. The molecule has 2 aromatic rings. The molecule has 0 amide bonds. The van der Waals surface area contributed by atoms with Gasteiger partial charge in [-0.2, -0.15) is 0 Å². The molecule has 0 saturated heterocycles. The average Bonchev–Trinajstić information content (AvgIpc) is 2.39. The van der Waals surface area contributed by atoms with E-state index < -0.39 is 4.92 Å². The molecule has 4 nitrogen and oxygen atoms in total. The van der Waals surface area contributed by atoms with Gasteiger partial charge in [0.05, 0.1) is 4.92 Å². The fourth-order valence-corrected chi connectivity index (χ4v) is 2.14. The first kappa shape index (κ1) is 13.4. The molecule has 0 spiro atoms. The van der Waals surface area contributed by atoms with Gasteiger partial charge in [0, 0.05) is 5.69 Å². The van der Waals surface area contributed by atoms with Gasteiger partial charge in [0.15, 0.2) is 0 Å². The number of nitrogens with one attached hydrogen (secondary N) is 1. The molecule has 1 N–H and O–H groups in total. The van der Waals surface area contributed by atoms with Crippen molar-refractivity contribution in [3.63, 3.8) is 0 Å². The lowest BCUT2D eigenvalue weighted by Gasteiger charge is -2.11. The van der Waals surface area contributed by atoms with Crippen molar-refractivity contribution in [2.45, 2.75) is 13.3 Å². The Bertz CT molecular complexity index is 614. The first-order valence-electron chi connectivity index (χ1n) is 5.91. The summed E-state index contributed by atoms with van der Waals surface area (Å²) in [6, 6.07) is 12.6. The summed E-state index contributed by atoms with van der Waals surface area (Å²) in [4.78, 5) is 10.6. The number of para-hydroxylation sites is 2. The van der Waals surface area contributed by atoms with Gasteiger partial charge in [0.25, 0.3) is 0 Å². The monoisotopic (exact) mass is 276 g/mol. The third-order valence-corrected chi connectivity index (χ3v) is 3.14. The maximum Gasteiger partial charge on any atom is 0.311 e. The highest BCUT2D eigenvalue weighted by Gasteiger charge is 2.18. The van der Waals surface area contributed by atoms with Gasteiger partial charge in [-0.05, 0) is 30.2 Å². The van der Waals surface area contributed by atoms with Crippen molar-refractivity contribution in [1.29, 1.82) is 0 Å². The van der Waals surface area contributed by atoms with Gasteiger partial charge in [0.1, 0.15) is 10.7 Å². The van der Waals surface area contributed by atoms with Crippen molar-refractivity contribution >= 4 is 28.7 Å². The van der Waals surface area contributed by atoms with Crippen molar-refractivity contribution < 1.29 is 4.92 Å². The van der Waals surface area contributed by atoms with Crippen LogP contribution in [0.25, 0.3) is 0 Å². The molecule has 0 bridgehead atoms. The summed E-state index contributed by atoms with van der Waals surface area (Å²) in [6.07, 6.45) is 0.845. The summed E-state index contributed by atoms with van der Waals surface area (Å²) >= 11 is 5.88. The fraction of sp³-hybridized carbons (Fsp3) is 0.143. The minimum atomic E-state index is -0.473. The van der Waals surface area contributed by atoms with Crippen LogP contribution in [0, 0.1) is 10.1 Å². The van der Waals surface area contributed by atoms with Crippen molar-refractivity contribution in [2.75, 3.05) is 5.32 Å².